The zero-order chi connectivity index (χ0) is 13.5. The third-order valence-corrected chi connectivity index (χ3v) is 2.71. The van der Waals surface area contributed by atoms with Crippen LogP contribution in [0.1, 0.15) is 44.0 Å². The quantitative estimate of drug-likeness (QED) is 0.623. The first kappa shape index (κ1) is 14.4. The molecule has 0 spiro atoms. The van der Waals surface area contributed by atoms with E-state index in [0.717, 1.165) is 12.8 Å². The lowest BCUT2D eigenvalue weighted by atomic mass is 10.1. The number of hydrogen-bond acceptors (Lipinski definition) is 4. The van der Waals surface area contributed by atoms with Crippen LogP contribution in [-0.2, 0) is 4.74 Å². The van der Waals surface area contributed by atoms with E-state index in [1.54, 1.807) is 25.1 Å². The Morgan fingerprint density at radius 1 is 1.28 bits per heavy atom. The maximum absolute atomic E-state index is 11.8. The smallest absolute Gasteiger partial charge is 0.341 e. The molecule has 4 heteroatoms. The van der Waals surface area contributed by atoms with Gasteiger partial charge in [0, 0.05) is 11.8 Å². The third-order valence-electron chi connectivity index (χ3n) is 2.71. The Labute approximate surface area is 108 Å². The number of benzene rings is 1. The summed E-state index contributed by atoms with van der Waals surface area (Å²) in [5, 5.41) is 0. The molecule has 0 saturated carbocycles. The van der Waals surface area contributed by atoms with Crippen molar-refractivity contribution in [3.63, 3.8) is 0 Å². The second-order valence-corrected chi connectivity index (χ2v) is 4.03. The van der Waals surface area contributed by atoms with E-state index in [1.165, 1.54) is 0 Å². The van der Waals surface area contributed by atoms with Crippen LogP contribution >= 0.6 is 0 Å². The molecule has 1 rings (SSSR count). The molecule has 0 saturated heterocycles. The van der Waals surface area contributed by atoms with Crippen molar-refractivity contribution < 1.29 is 14.3 Å². The summed E-state index contributed by atoms with van der Waals surface area (Å²) in [6, 6.07) is 4.99. The molecule has 100 valence electrons. The predicted octanol–water partition coefficient (Wildman–Crippen LogP) is 3.01. The number of anilines is 1. The zero-order valence-electron chi connectivity index (χ0n) is 11.2. The molecule has 1 aromatic rings. The highest BCUT2D eigenvalue weighted by molar-refractivity contribution is 5.93. The molecule has 4 nitrogen and oxygen atoms in total. The summed E-state index contributed by atoms with van der Waals surface area (Å²) in [4.78, 5) is 11.8. The van der Waals surface area contributed by atoms with Gasteiger partial charge in [-0.05, 0) is 31.9 Å². The molecule has 0 aliphatic heterocycles. The normalized spacial score (nSPS) is 10.4. The first-order chi connectivity index (χ1) is 8.62. The second kappa shape index (κ2) is 6.89. The predicted molar refractivity (Wildman–Crippen MR) is 71.8 cm³/mol. The lowest BCUT2D eigenvalue weighted by molar-refractivity contribution is 0.0518. The number of hydrogen-bond donors (Lipinski definition) is 1. The Bertz CT molecular complexity index is 400. The molecule has 0 unspecified atom stereocenters. The summed E-state index contributed by atoms with van der Waals surface area (Å²) in [6.45, 7) is 6.21. The number of nitrogen functional groups attached to an aromatic ring is 1. The van der Waals surface area contributed by atoms with Crippen LogP contribution in [-0.4, -0.2) is 18.7 Å². The number of esters is 1. The Hall–Kier alpha value is -1.71. The highest BCUT2D eigenvalue weighted by atomic mass is 16.5. The van der Waals surface area contributed by atoms with E-state index in [1.807, 2.05) is 13.8 Å². The largest absolute Gasteiger partial charge is 0.489 e. The van der Waals surface area contributed by atoms with Gasteiger partial charge in [0.1, 0.15) is 11.3 Å². The van der Waals surface area contributed by atoms with Crippen molar-refractivity contribution in [1.82, 2.24) is 0 Å². The van der Waals surface area contributed by atoms with E-state index in [-0.39, 0.29) is 12.1 Å². The van der Waals surface area contributed by atoms with E-state index in [4.69, 9.17) is 15.2 Å². The summed E-state index contributed by atoms with van der Waals surface area (Å²) in [7, 11) is 0. The van der Waals surface area contributed by atoms with E-state index in [9.17, 15) is 4.79 Å². The number of carbonyl (C=O) groups excluding carboxylic acids is 1. The first-order valence-corrected chi connectivity index (χ1v) is 6.35. The van der Waals surface area contributed by atoms with Gasteiger partial charge < -0.3 is 15.2 Å². The van der Waals surface area contributed by atoms with Gasteiger partial charge >= 0.3 is 5.97 Å². The number of carbonyl (C=O) groups is 1. The van der Waals surface area contributed by atoms with Crippen LogP contribution in [0.4, 0.5) is 5.69 Å². The minimum Gasteiger partial charge on any atom is -0.489 e. The number of rotatable bonds is 6. The average molecular weight is 251 g/mol. The molecule has 0 aromatic heterocycles. The zero-order valence-corrected chi connectivity index (χ0v) is 11.2. The molecule has 1 aromatic carbocycles. The van der Waals surface area contributed by atoms with Crippen molar-refractivity contribution in [3.8, 4) is 5.75 Å². The van der Waals surface area contributed by atoms with Crippen molar-refractivity contribution in [2.45, 2.75) is 39.7 Å². The highest BCUT2D eigenvalue weighted by Crippen LogP contribution is 2.25. The van der Waals surface area contributed by atoms with Gasteiger partial charge in [-0.25, -0.2) is 4.79 Å². The van der Waals surface area contributed by atoms with Gasteiger partial charge in [0.15, 0.2) is 0 Å². The Balaban J connectivity index is 2.99. The molecule has 0 aliphatic rings. The Kier molecular flexibility index (Phi) is 5.49. The molecule has 2 N–H and O–H groups in total. The average Bonchev–Trinajstić information content (AvgIpc) is 2.36. The summed E-state index contributed by atoms with van der Waals surface area (Å²) in [5.41, 5.74) is 6.73. The topological polar surface area (TPSA) is 61.5 Å². The lowest BCUT2D eigenvalue weighted by Gasteiger charge is -2.18. The molecular weight excluding hydrogens is 230 g/mol. The van der Waals surface area contributed by atoms with Gasteiger partial charge in [-0.15, -0.1) is 0 Å². The van der Waals surface area contributed by atoms with Crippen LogP contribution in [0.25, 0.3) is 0 Å². The SMILES string of the molecule is CCOC(=O)c1ccc(N)cc1OC(CC)CC. The summed E-state index contributed by atoms with van der Waals surface area (Å²) in [5.74, 6) is 0.126. The molecular formula is C14H21NO3. The lowest BCUT2D eigenvalue weighted by Crippen LogP contribution is -2.16. The van der Waals surface area contributed by atoms with Crippen LogP contribution in [0.15, 0.2) is 18.2 Å². The maximum atomic E-state index is 11.8. The Morgan fingerprint density at radius 3 is 2.50 bits per heavy atom. The molecule has 0 bridgehead atoms. The molecule has 0 fully saturated rings. The summed E-state index contributed by atoms with van der Waals surface area (Å²) < 4.78 is 10.8. The molecule has 0 heterocycles. The van der Waals surface area contributed by atoms with E-state index in [0.29, 0.717) is 23.6 Å². The van der Waals surface area contributed by atoms with E-state index < -0.39 is 0 Å². The third kappa shape index (κ3) is 3.65. The van der Waals surface area contributed by atoms with Crippen molar-refractivity contribution in [1.29, 1.82) is 0 Å². The van der Waals surface area contributed by atoms with Crippen molar-refractivity contribution in [3.05, 3.63) is 23.8 Å². The highest BCUT2D eigenvalue weighted by Gasteiger charge is 2.16. The van der Waals surface area contributed by atoms with Crippen LogP contribution in [0.3, 0.4) is 0 Å². The van der Waals surface area contributed by atoms with Gasteiger partial charge in [-0.3, -0.25) is 0 Å². The monoisotopic (exact) mass is 251 g/mol. The van der Waals surface area contributed by atoms with Crippen LogP contribution in [0, 0.1) is 0 Å². The number of nitrogens with two attached hydrogens (primary N) is 1. The van der Waals surface area contributed by atoms with Crippen molar-refractivity contribution in [2.24, 2.45) is 0 Å². The second-order valence-electron chi connectivity index (χ2n) is 4.03. The molecule has 18 heavy (non-hydrogen) atoms. The van der Waals surface area contributed by atoms with E-state index >= 15 is 0 Å². The van der Waals surface area contributed by atoms with Gasteiger partial charge in [0.2, 0.25) is 0 Å². The van der Waals surface area contributed by atoms with Crippen LogP contribution in [0.5, 0.6) is 5.75 Å². The van der Waals surface area contributed by atoms with Crippen molar-refractivity contribution in [2.75, 3.05) is 12.3 Å². The molecule has 0 radical (unpaired) electrons. The van der Waals surface area contributed by atoms with Gasteiger partial charge in [0.05, 0.1) is 12.7 Å². The van der Waals surface area contributed by atoms with Crippen LogP contribution in [0.2, 0.25) is 0 Å². The number of ether oxygens (including phenoxy) is 2. The van der Waals surface area contributed by atoms with Crippen molar-refractivity contribution >= 4 is 11.7 Å². The van der Waals surface area contributed by atoms with Crippen LogP contribution < -0.4 is 10.5 Å². The fourth-order valence-corrected chi connectivity index (χ4v) is 1.65. The first-order valence-electron chi connectivity index (χ1n) is 6.35. The van der Waals surface area contributed by atoms with Gasteiger partial charge in [-0.1, -0.05) is 13.8 Å². The minimum atomic E-state index is -0.376. The molecule has 0 amide bonds. The molecule has 0 aliphatic carbocycles. The Morgan fingerprint density at radius 2 is 1.94 bits per heavy atom. The van der Waals surface area contributed by atoms with Gasteiger partial charge in [-0.2, -0.15) is 0 Å². The fraction of sp³-hybridized carbons (Fsp3) is 0.500. The van der Waals surface area contributed by atoms with E-state index in [2.05, 4.69) is 0 Å². The van der Waals surface area contributed by atoms with Gasteiger partial charge in [0.25, 0.3) is 0 Å². The minimum absolute atomic E-state index is 0.0833. The maximum Gasteiger partial charge on any atom is 0.341 e. The fourth-order valence-electron chi connectivity index (χ4n) is 1.65. The molecule has 0 atom stereocenters. The standard InChI is InChI=1S/C14H21NO3/c1-4-11(5-2)18-13-9-10(15)7-8-12(13)14(16)17-6-3/h7-9,11H,4-6,15H2,1-3H3. The summed E-state index contributed by atoms with van der Waals surface area (Å²) in [6.07, 6.45) is 1.85. The summed E-state index contributed by atoms with van der Waals surface area (Å²) >= 11 is 0.